The number of nitrogens with one attached hydrogen (secondary N) is 1. The number of rotatable bonds is 4. The smallest absolute Gasteiger partial charge is 0.321 e. The molecule has 5 heteroatoms. The number of urea groups is 1. The Morgan fingerprint density at radius 2 is 1.83 bits per heavy atom. The molecular weight excluding hydrogens is 302 g/mol. The van der Waals surface area contributed by atoms with Gasteiger partial charge in [-0.25, -0.2) is 4.79 Å². The zero-order chi connectivity index (χ0) is 16.9. The first-order valence-corrected chi connectivity index (χ1v) is 8.10. The molecule has 24 heavy (non-hydrogen) atoms. The third-order valence-corrected chi connectivity index (χ3v) is 4.11. The molecule has 0 bridgehead atoms. The van der Waals surface area contributed by atoms with Crippen LogP contribution in [0, 0.1) is 0 Å². The maximum Gasteiger partial charge on any atom is 0.321 e. The zero-order valence-electron chi connectivity index (χ0n) is 13.7. The van der Waals surface area contributed by atoms with Crippen molar-refractivity contribution in [2.24, 2.45) is 0 Å². The average Bonchev–Trinajstić information content (AvgIpc) is 3.02. The number of carbonyl (C=O) groups excluding carboxylic acids is 2. The summed E-state index contributed by atoms with van der Waals surface area (Å²) in [5.74, 6) is 0.161. The first-order valence-electron chi connectivity index (χ1n) is 8.10. The molecule has 0 unspecified atom stereocenters. The molecule has 0 radical (unpaired) electrons. The lowest BCUT2D eigenvalue weighted by Gasteiger charge is -2.19. The first-order chi connectivity index (χ1) is 11.6. The summed E-state index contributed by atoms with van der Waals surface area (Å²) in [5, 5.41) is 2.87. The molecule has 3 rings (SSSR count). The van der Waals surface area contributed by atoms with E-state index in [1.165, 1.54) is 0 Å². The van der Waals surface area contributed by atoms with Crippen LogP contribution in [0.4, 0.5) is 16.2 Å². The lowest BCUT2D eigenvalue weighted by atomic mass is 10.2. The average molecular weight is 323 g/mol. The van der Waals surface area contributed by atoms with Gasteiger partial charge in [0.1, 0.15) is 0 Å². The Morgan fingerprint density at radius 3 is 2.46 bits per heavy atom. The van der Waals surface area contributed by atoms with E-state index in [2.05, 4.69) is 5.32 Å². The van der Waals surface area contributed by atoms with E-state index in [-0.39, 0.29) is 11.9 Å². The van der Waals surface area contributed by atoms with Gasteiger partial charge in [-0.15, -0.1) is 0 Å². The predicted molar refractivity (Wildman–Crippen MR) is 95.0 cm³/mol. The monoisotopic (exact) mass is 323 g/mol. The molecule has 1 N–H and O–H groups in total. The lowest BCUT2D eigenvalue weighted by Crippen LogP contribution is -2.30. The van der Waals surface area contributed by atoms with E-state index in [9.17, 15) is 9.59 Å². The first kappa shape index (κ1) is 16.1. The molecule has 1 saturated heterocycles. The summed E-state index contributed by atoms with van der Waals surface area (Å²) in [4.78, 5) is 27.4. The Hall–Kier alpha value is -2.82. The van der Waals surface area contributed by atoms with Crippen LogP contribution in [0.25, 0.3) is 0 Å². The van der Waals surface area contributed by atoms with E-state index in [1.807, 2.05) is 54.6 Å². The van der Waals surface area contributed by atoms with Gasteiger partial charge < -0.3 is 15.1 Å². The van der Waals surface area contributed by atoms with Gasteiger partial charge in [-0.1, -0.05) is 30.3 Å². The number of carbonyl (C=O) groups is 2. The van der Waals surface area contributed by atoms with E-state index >= 15 is 0 Å². The van der Waals surface area contributed by atoms with Crippen LogP contribution in [0.3, 0.4) is 0 Å². The summed E-state index contributed by atoms with van der Waals surface area (Å²) in [6.45, 7) is 1.32. The Balaban J connectivity index is 1.59. The molecular formula is C19H21N3O2. The summed E-state index contributed by atoms with van der Waals surface area (Å²) < 4.78 is 0. The summed E-state index contributed by atoms with van der Waals surface area (Å²) >= 11 is 0. The van der Waals surface area contributed by atoms with Crippen LogP contribution >= 0.6 is 0 Å². The molecule has 0 aromatic heterocycles. The molecule has 0 saturated carbocycles. The summed E-state index contributed by atoms with van der Waals surface area (Å²) in [6.07, 6.45) is 1.52. The van der Waals surface area contributed by atoms with Crippen LogP contribution in [0.2, 0.25) is 0 Å². The molecule has 1 fully saturated rings. The van der Waals surface area contributed by atoms with E-state index in [0.29, 0.717) is 13.0 Å². The third kappa shape index (κ3) is 3.74. The van der Waals surface area contributed by atoms with Crippen LogP contribution in [0.15, 0.2) is 54.6 Å². The van der Waals surface area contributed by atoms with Gasteiger partial charge in [0.15, 0.2) is 0 Å². The van der Waals surface area contributed by atoms with Gasteiger partial charge in [-0.2, -0.15) is 0 Å². The molecule has 0 aliphatic carbocycles. The summed E-state index contributed by atoms with van der Waals surface area (Å²) in [7, 11) is 1.76. The molecule has 124 valence electrons. The quantitative estimate of drug-likeness (QED) is 0.936. The minimum absolute atomic E-state index is 0.161. The van der Waals surface area contributed by atoms with Crippen molar-refractivity contribution in [3.8, 4) is 0 Å². The van der Waals surface area contributed by atoms with Crippen molar-refractivity contribution in [2.75, 3.05) is 23.8 Å². The van der Waals surface area contributed by atoms with E-state index < -0.39 is 0 Å². The molecule has 5 nitrogen and oxygen atoms in total. The lowest BCUT2D eigenvalue weighted by molar-refractivity contribution is -0.117. The van der Waals surface area contributed by atoms with Gasteiger partial charge in [0.05, 0.1) is 0 Å². The SMILES string of the molecule is CN(Cc1ccccc1)C(=O)Nc1ccc(N2CCCC2=O)cc1. The molecule has 3 amide bonds. The van der Waals surface area contributed by atoms with E-state index in [0.717, 1.165) is 29.9 Å². The van der Waals surface area contributed by atoms with Crippen molar-refractivity contribution in [3.05, 3.63) is 60.2 Å². The van der Waals surface area contributed by atoms with Crippen molar-refractivity contribution >= 4 is 23.3 Å². The molecule has 2 aromatic rings. The minimum Gasteiger partial charge on any atom is -0.323 e. The molecule has 2 aromatic carbocycles. The van der Waals surface area contributed by atoms with Crippen LogP contribution in [0.1, 0.15) is 18.4 Å². The maximum absolute atomic E-state index is 12.3. The second-order valence-corrected chi connectivity index (χ2v) is 5.97. The number of nitrogens with zero attached hydrogens (tertiary/aromatic N) is 2. The van der Waals surface area contributed by atoms with Crippen LogP contribution in [-0.4, -0.2) is 30.4 Å². The second-order valence-electron chi connectivity index (χ2n) is 5.97. The van der Waals surface area contributed by atoms with Gasteiger partial charge in [0, 0.05) is 37.9 Å². The third-order valence-electron chi connectivity index (χ3n) is 4.11. The molecule has 1 aliphatic rings. The fraction of sp³-hybridized carbons (Fsp3) is 0.263. The van der Waals surface area contributed by atoms with Crippen molar-refractivity contribution < 1.29 is 9.59 Å². The normalized spacial score (nSPS) is 13.9. The van der Waals surface area contributed by atoms with Gasteiger partial charge in [0.2, 0.25) is 5.91 Å². The number of hydrogen-bond acceptors (Lipinski definition) is 2. The Morgan fingerprint density at radius 1 is 1.12 bits per heavy atom. The van der Waals surface area contributed by atoms with Crippen LogP contribution in [0.5, 0.6) is 0 Å². The molecule has 1 aliphatic heterocycles. The summed E-state index contributed by atoms with van der Waals surface area (Å²) in [5.41, 5.74) is 2.68. The molecule has 0 atom stereocenters. The predicted octanol–water partition coefficient (Wildman–Crippen LogP) is 3.48. The van der Waals surface area contributed by atoms with Gasteiger partial charge in [-0.05, 0) is 36.2 Å². The highest BCUT2D eigenvalue weighted by molar-refractivity contribution is 5.96. The Kier molecular flexibility index (Phi) is 4.79. The minimum atomic E-state index is -0.163. The van der Waals surface area contributed by atoms with Gasteiger partial charge >= 0.3 is 6.03 Å². The Bertz CT molecular complexity index is 713. The van der Waals surface area contributed by atoms with Crippen molar-refractivity contribution in [2.45, 2.75) is 19.4 Å². The summed E-state index contributed by atoms with van der Waals surface area (Å²) in [6, 6.07) is 17.1. The van der Waals surface area contributed by atoms with E-state index in [1.54, 1.807) is 16.8 Å². The zero-order valence-corrected chi connectivity index (χ0v) is 13.7. The fourth-order valence-electron chi connectivity index (χ4n) is 2.79. The highest BCUT2D eigenvalue weighted by Gasteiger charge is 2.21. The highest BCUT2D eigenvalue weighted by atomic mass is 16.2. The van der Waals surface area contributed by atoms with Gasteiger partial charge in [0.25, 0.3) is 0 Å². The Labute approximate surface area is 141 Å². The topological polar surface area (TPSA) is 52.7 Å². The second kappa shape index (κ2) is 7.17. The van der Waals surface area contributed by atoms with Crippen LogP contribution in [-0.2, 0) is 11.3 Å². The number of anilines is 2. The van der Waals surface area contributed by atoms with Crippen molar-refractivity contribution in [1.82, 2.24) is 4.90 Å². The van der Waals surface area contributed by atoms with Crippen molar-refractivity contribution in [1.29, 1.82) is 0 Å². The standard InChI is InChI=1S/C19H21N3O2/c1-21(14-15-6-3-2-4-7-15)19(24)20-16-9-11-17(12-10-16)22-13-5-8-18(22)23/h2-4,6-7,9-12H,5,8,13-14H2,1H3,(H,20,24). The maximum atomic E-state index is 12.3. The van der Waals surface area contributed by atoms with Crippen LogP contribution < -0.4 is 10.2 Å². The highest BCUT2D eigenvalue weighted by Crippen LogP contribution is 2.23. The molecule has 0 spiro atoms. The van der Waals surface area contributed by atoms with E-state index in [4.69, 9.17) is 0 Å². The number of hydrogen-bond donors (Lipinski definition) is 1. The molecule has 1 heterocycles. The fourth-order valence-corrected chi connectivity index (χ4v) is 2.79. The van der Waals surface area contributed by atoms with Crippen molar-refractivity contribution in [3.63, 3.8) is 0 Å². The number of benzene rings is 2. The largest absolute Gasteiger partial charge is 0.323 e. The van der Waals surface area contributed by atoms with Gasteiger partial charge in [-0.3, -0.25) is 4.79 Å². The number of amides is 3.